The van der Waals surface area contributed by atoms with Crippen LogP contribution in [0.3, 0.4) is 0 Å². The number of fused-ring (bicyclic) bond motifs is 3. The normalized spacial score (nSPS) is 18.6. The summed E-state index contributed by atoms with van der Waals surface area (Å²) in [7, 11) is 0. The Morgan fingerprint density at radius 3 is 2.73 bits per heavy atom. The Morgan fingerprint density at radius 2 is 2.00 bits per heavy atom. The van der Waals surface area contributed by atoms with Gasteiger partial charge in [-0.25, -0.2) is 0 Å². The fourth-order valence-electron chi connectivity index (χ4n) is 3.88. The molecule has 158 valence electrons. The number of hydrogen-bond donors (Lipinski definition) is 2. The molecule has 2 aromatic rings. The molecule has 2 amide bonds. The maximum atomic E-state index is 12.9. The first-order chi connectivity index (χ1) is 14.5. The third kappa shape index (κ3) is 3.92. The monoisotopic (exact) mass is 425 g/mol. The molecule has 30 heavy (non-hydrogen) atoms. The predicted molar refractivity (Wildman–Crippen MR) is 119 cm³/mol. The second kappa shape index (κ2) is 8.47. The van der Waals surface area contributed by atoms with Crippen LogP contribution in [0.25, 0.3) is 0 Å². The highest BCUT2D eigenvalue weighted by atomic mass is 32.1. The molecular formula is C22H27N5O2S. The van der Waals surface area contributed by atoms with E-state index in [1.54, 1.807) is 0 Å². The van der Waals surface area contributed by atoms with Crippen LogP contribution in [0.5, 0.6) is 0 Å². The Labute approximate surface area is 180 Å². The minimum Gasteiger partial charge on any atom is -0.350 e. The first-order valence-electron chi connectivity index (χ1n) is 10.3. The molecule has 0 spiro atoms. The lowest BCUT2D eigenvalue weighted by molar-refractivity contribution is -0.121. The molecule has 2 aliphatic heterocycles. The van der Waals surface area contributed by atoms with Crippen molar-refractivity contribution in [3.05, 3.63) is 52.2 Å². The molecule has 0 saturated heterocycles. The van der Waals surface area contributed by atoms with Gasteiger partial charge in [0.15, 0.2) is 0 Å². The number of hydrazone groups is 1. The highest BCUT2D eigenvalue weighted by molar-refractivity contribution is 7.12. The van der Waals surface area contributed by atoms with Crippen LogP contribution in [0.15, 0.2) is 46.9 Å². The number of carbonyl (C=O) groups excluding carboxylic acids is 2. The summed E-state index contributed by atoms with van der Waals surface area (Å²) < 4.78 is 0. The van der Waals surface area contributed by atoms with Crippen molar-refractivity contribution in [3.63, 3.8) is 0 Å². The Morgan fingerprint density at radius 1 is 1.23 bits per heavy atom. The highest BCUT2D eigenvalue weighted by Gasteiger charge is 2.43. The van der Waals surface area contributed by atoms with Gasteiger partial charge in [-0.15, -0.1) is 11.3 Å². The molecule has 0 saturated carbocycles. The van der Waals surface area contributed by atoms with Gasteiger partial charge >= 0.3 is 0 Å². The SMILES string of the molecule is CC(C)CN1C(=O)c2sccc2N2C(CCC(=O)NC(C)c3ccccc3)=NNC12. The van der Waals surface area contributed by atoms with Crippen molar-refractivity contribution in [2.24, 2.45) is 11.0 Å². The molecule has 2 aliphatic rings. The molecule has 2 atom stereocenters. The summed E-state index contributed by atoms with van der Waals surface area (Å²) in [6.45, 7) is 6.81. The van der Waals surface area contributed by atoms with Crippen molar-refractivity contribution in [2.75, 3.05) is 11.4 Å². The number of nitrogens with one attached hydrogen (secondary N) is 2. The summed E-state index contributed by atoms with van der Waals surface area (Å²) >= 11 is 1.45. The van der Waals surface area contributed by atoms with E-state index in [1.807, 2.05) is 53.6 Å². The van der Waals surface area contributed by atoms with Gasteiger partial charge in [-0.3, -0.25) is 24.8 Å². The van der Waals surface area contributed by atoms with Crippen molar-refractivity contribution in [1.29, 1.82) is 0 Å². The lowest BCUT2D eigenvalue weighted by atomic mass is 10.1. The van der Waals surface area contributed by atoms with Gasteiger partial charge in [-0.2, -0.15) is 5.10 Å². The van der Waals surface area contributed by atoms with Gasteiger partial charge in [0.25, 0.3) is 5.91 Å². The smallest absolute Gasteiger partial charge is 0.269 e. The van der Waals surface area contributed by atoms with Gasteiger partial charge in [-0.05, 0) is 29.9 Å². The lowest BCUT2D eigenvalue weighted by Crippen LogP contribution is -2.59. The number of anilines is 1. The van der Waals surface area contributed by atoms with Crippen LogP contribution in [0, 0.1) is 5.92 Å². The van der Waals surface area contributed by atoms with E-state index in [0.29, 0.717) is 25.3 Å². The fourth-order valence-corrected chi connectivity index (χ4v) is 4.71. The van der Waals surface area contributed by atoms with E-state index in [1.165, 1.54) is 11.3 Å². The van der Waals surface area contributed by atoms with Crippen LogP contribution in [-0.2, 0) is 4.79 Å². The van der Waals surface area contributed by atoms with E-state index in [0.717, 1.165) is 22.0 Å². The van der Waals surface area contributed by atoms with Crippen LogP contribution in [0.2, 0.25) is 0 Å². The minimum atomic E-state index is -0.330. The maximum Gasteiger partial charge on any atom is 0.269 e. The third-order valence-electron chi connectivity index (χ3n) is 5.30. The first-order valence-corrected chi connectivity index (χ1v) is 11.2. The minimum absolute atomic E-state index is 0.0184. The van der Waals surface area contributed by atoms with Crippen LogP contribution < -0.4 is 15.6 Å². The summed E-state index contributed by atoms with van der Waals surface area (Å²) in [6.07, 6.45) is 0.497. The van der Waals surface area contributed by atoms with Crippen molar-refractivity contribution in [3.8, 4) is 0 Å². The zero-order chi connectivity index (χ0) is 21.3. The summed E-state index contributed by atoms with van der Waals surface area (Å²) in [5.74, 6) is 1.14. The molecule has 2 unspecified atom stereocenters. The number of thiophene rings is 1. The Kier molecular flexibility index (Phi) is 5.76. The third-order valence-corrected chi connectivity index (χ3v) is 6.19. The van der Waals surface area contributed by atoms with E-state index >= 15 is 0 Å². The molecular weight excluding hydrogens is 398 g/mol. The number of rotatable bonds is 7. The van der Waals surface area contributed by atoms with E-state index in [9.17, 15) is 9.59 Å². The maximum absolute atomic E-state index is 12.9. The second-order valence-corrected chi connectivity index (χ2v) is 9.00. The Hall–Kier alpha value is -2.87. The predicted octanol–water partition coefficient (Wildman–Crippen LogP) is 3.52. The summed E-state index contributed by atoms with van der Waals surface area (Å²) in [6, 6.07) is 11.8. The number of amidine groups is 1. The standard InChI is InChI=1S/C22H27N5O2S/c1-14(2)13-26-21(29)20-17(11-12-30-20)27-18(24-25-22(26)27)9-10-19(28)23-15(3)16-7-5-4-6-8-16/h4-8,11-12,14-15,22,25H,9-10,13H2,1-3H3,(H,23,28). The zero-order valence-electron chi connectivity index (χ0n) is 17.5. The van der Waals surface area contributed by atoms with Gasteiger partial charge in [-0.1, -0.05) is 44.2 Å². The van der Waals surface area contributed by atoms with E-state index < -0.39 is 0 Å². The largest absolute Gasteiger partial charge is 0.350 e. The Balaban J connectivity index is 1.43. The molecule has 4 rings (SSSR count). The van der Waals surface area contributed by atoms with Crippen LogP contribution in [0.1, 0.15) is 54.9 Å². The van der Waals surface area contributed by atoms with Crippen LogP contribution >= 0.6 is 11.3 Å². The number of hydrogen-bond acceptors (Lipinski definition) is 6. The fraction of sp³-hybridized carbons (Fsp3) is 0.409. The van der Waals surface area contributed by atoms with Crippen molar-refractivity contribution < 1.29 is 9.59 Å². The average molecular weight is 426 g/mol. The topological polar surface area (TPSA) is 77.0 Å². The molecule has 1 aromatic carbocycles. The van der Waals surface area contributed by atoms with Crippen molar-refractivity contribution >= 4 is 34.7 Å². The molecule has 0 bridgehead atoms. The molecule has 0 fully saturated rings. The molecule has 3 heterocycles. The number of carbonyl (C=O) groups is 2. The molecule has 8 heteroatoms. The number of nitrogens with zero attached hydrogens (tertiary/aromatic N) is 3. The summed E-state index contributed by atoms with van der Waals surface area (Å²) in [5.41, 5.74) is 5.06. The van der Waals surface area contributed by atoms with Gasteiger partial charge in [0, 0.05) is 19.4 Å². The van der Waals surface area contributed by atoms with Crippen molar-refractivity contribution in [2.45, 2.75) is 45.9 Å². The van der Waals surface area contributed by atoms with E-state index in [4.69, 9.17) is 0 Å². The van der Waals surface area contributed by atoms with Gasteiger partial charge in [0.1, 0.15) is 10.7 Å². The van der Waals surface area contributed by atoms with Gasteiger partial charge in [0.05, 0.1) is 11.7 Å². The van der Waals surface area contributed by atoms with E-state index in [-0.39, 0.29) is 24.1 Å². The lowest BCUT2D eigenvalue weighted by Gasteiger charge is -2.40. The highest BCUT2D eigenvalue weighted by Crippen LogP contribution is 2.37. The quantitative estimate of drug-likeness (QED) is 0.712. The first kappa shape index (κ1) is 20.4. The number of benzene rings is 1. The van der Waals surface area contributed by atoms with E-state index in [2.05, 4.69) is 34.6 Å². The van der Waals surface area contributed by atoms with Gasteiger partial charge in [0.2, 0.25) is 12.2 Å². The average Bonchev–Trinajstić information content (AvgIpc) is 3.37. The summed E-state index contributed by atoms with van der Waals surface area (Å²) in [4.78, 5) is 30.1. The summed E-state index contributed by atoms with van der Waals surface area (Å²) in [5, 5.41) is 9.47. The second-order valence-electron chi connectivity index (χ2n) is 8.09. The van der Waals surface area contributed by atoms with Crippen LogP contribution in [0.4, 0.5) is 5.69 Å². The molecule has 7 nitrogen and oxygen atoms in total. The number of amides is 2. The van der Waals surface area contributed by atoms with Crippen LogP contribution in [-0.4, -0.2) is 35.4 Å². The zero-order valence-corrected chi connectivity index (χ0v) is 18.3. The molecule has 1 aromatic heterocycles. The van der Waals surface area contributed by atoms with Gasteiger partial charge < -0.3 is 5.32 Å². The molecule has 0 radical (unpaired) electrons. The molecule has 2 N–H and O–H groups in total. The Bertz CT molecular complexity index is 955. The molecule has 0 aliphatic carbocycles. The van der Waals surface area contributed by atoms with Crippen molar-refractivity contribution in [1.82, 2.24) is 15.6 Å².